The molecule has 0 radical (unpaired) electrons. The molecule has 0 aliphatic rings. The molecule has 2 aromatic rings. The fourth-order valence-corrected chi connectivity index (χ4v) is 2.09. The molecule has 0 atom stereocenters. The molecule has 24 heavy (non-hydrogen) atoms. The van der Waals surface area contributed by atoms with Crippen molar-refractivity contribution in [2.24, 2.45) is 0 Å². The maximum atomic E-state index is 11.5. The van der Waals surface area contributed by atoms with Gasteiger partial charge >= 0.3 is 5.97 Å². The summed E-state index contributed by atoms with van der Waals surface area (Å²) in [6.45, 7) is -0.141. The van der Waals surface area contributed by atoms with Gasteiger partial charge in [0.1, 0.15) is 6.61 Å². The van der Waals surface area contributed by atoms with Crippen LogP contribution in [0.15, 0.2) is 48.5 Å². The van der Waals surface area contributed by atoms with E-state index in [1.807, 2.05) is 30.3 Å². The molecular weight excluding hydrogens is 306 g/mol. The zero-order valence-corrected chi connectivity index (χ0v) is 13.5. The van der Waals surface area contributed by atoms with Crippen LogP contribution in [0.1, 0.15) is 11.1 Å². The van der Waals surface area contributed by atoms with E-state index in [0.717, 1.165) is 11.1 Å². The summed E-state index contributed by atoms with van der Waals surface area (Å²) in [6.07, 6.45) is 1.75. The lowest BCUT2D eigenvalue weighted by molar-refractivity contribution is -0.138. The van der Waals surface area contributed by atoms with Gasteiger partial charge < -0.3 is 14.2 Å². The first kappa shape index (κ1) is 17.3. The predicted octanol–water partition coefficient (Wildman–Crippen LogP) is 3.31. The molecule has 0 spiro atoms. The lowest BCUT2D eigenvalue weighted by Gasteiger charge is -2.10. The minimum absolute atomic E-state index is 0.141. The number of ether oxygens (including phenoxy) is 3. The Hall–Kier alpha value is -3.10. The molecule has 0 fully saturated rings. The van der Waals surface area contributed by atoms with E-state index in [1.54, 1.807) is 24.3 Å². The van der Waals surface area contributed by atoms with Gasteiger partial charge in [-0.2, -0.15) is 5.26 Å². The number of allylic oxidation sites excluding steroid dienone is 1. The molecule has 0 aliphatic carbocycles. The summed E-state index contributed by atoms with van der Waals surface area (Å²) >= 11 is 0. The molecule has 0 aromatic heterocycles. The van der Waals surface area contributed by atoms with Crippen LogP contribution in [0.25, 0.3) is 11.6 Å². The van der Waals surface area contributed by atoms with Crippen molar-refractivity contribution < 1.29 is 19.0 Å². The summed E-state index contributed by atoms with van der Waals surface area (Å²) in [5.41, 5.74) is 2.12. The fraction of sp³-hybridized carbons (Fsp3) is 0.158. The number of carbonyl (C=O) groups excluding carboxylic acids is 1. The van der Waals surface area contributed by atoms with Crippen LogP contribution >= 0.6 is 0 Å². The molecule has 0 saturated heterocycles. The van der Waals surface area contributed by atoms with E-state index in [0.29, 0.717) is 17.1 Å². The molecule has 2 aromatic carbocycles. The van der Waals surface area contributed by atoms with Crippen molar-refractivity contribution in [1.29, 1.82) is 5.26 Å². The van der Waals surface area contributed by atoms with Crippen molar-refractivity contribution in [3.05, 3.63) is 59.7 Å². The Balaban J connectivity index is 2.30. The number of carbonyl (C=O) groups is 1. The molecule has 0 heterocycles. The Morgan fingerprint density at radius 3 is 2.50 bits per heavy atom. The number of hydrogen-bond donors (Lipinski definition) is 0. The molecule has 122 valence electrons. The Morgan fingerprint density at radius 2 is 1.88 bits per heavy atom. The van der Waals surface area contributed by atoms with Crippen molar-refractivity contribution >= 4 is 17.6 Å². The second-order valence-electron chi connectivity index (χ2n) is 4.85. The van der Waals surface area contributed by atoms with Gasteiger partial charge in [-0.15, -0.1) is 0 Å². The van der Waals surface area contributed by atoms with Gasteiger partial charge in [-0.3, -0.25) is 0 Å². The Kier molecular flexibility index (Phi) is 6.12. The van der Waals surface area contributed by atoms with Crippen molar-refractivity contribution in [2.45, 2.75) is 0 Å². The number of benzene rings is 2. The highest BCUT2D eigenvalue weighted by molar-refractivity contribution is 5.89. The van der Waals surface area contributed by atoms with Gasteiger partial charge in [0.15, 0.2) is 11.5 Å². The number of rotatable bonds is 6. The van der Waals surface area contributed by atoms with Gasteiger partial charge in [-0.25, -0.2) is 4.79 Å². The van der Waals surface area contributed by atoms with Gasteiger partial charge in [-0.05, 0) is 29.3 Å². The SMILES string of the molecule is COCC(=O)Oc1ccc(/C=C(/C#N)c2ccccc2)cc1OC. The first-order valence-corrected chi connectivity index (χ1v) is 7.22. The van der Waals surface area contributed by atoms with E-state index in [9.17, 15) is 10.1 Å². The minimum atomic E-state index is -0.513. The third kappa shape index (κ3) is 4.45. The molecule has 5 heteroatoms. The highest BCUT2D eigenvalue weighted by atomic mass is 16.6. The molecule has 0 aliphatic heterocycles. The van der Waals surface area contributed by atoms with Crippen LogP contribution in [-0.2, 0) is 9.53 Å². The third-order valence-electron chi connectivity index (χ3n) is 3.19. The zero-order valence-electron chi connectivity index (χ0n) is 13.5. The summed E-state index contributed by atoms with van der Waals surface area (Å²) in [5.74, 6) is 0.189. The Labute approximate surface area is 140 Å². The number of methoxy groups -OCH3 is 2. The maximum absolute atomic E-state index is 11.5. The molecular formula is C19H17NO4. The molecule has 0 N–H and O–H groups in total. The first-order valence-electron chi connectivity index (χ1n) is 7.22. The van der Waals surface area contributed by atoms with E-state index in [-0.39, 0.29) is 6.61 Å². The second kappa shape index (κ2) is 8.51. The molecule has 0 bridgehead atoms. The standard InChI is InChI=1S/C19H17NO4/c1-22-13-19(21)24-17-9-8-14(11-18(17)23-2)10-16(12-20)15-6-4-3-5-7-15/h3-11H,13H2,1-2H3/b16-10-. The van der Waals surface area contributed by atoms with Crippen LogP contribution in [0.2, 0.25) is 0 Å². The van der Waals surface area contributed by atoms with E-state index < -0.39 is 5.97 Å². The number of esters is 1. The van der Waals surface area contributed by atoms with E-state index in [1.165, 1.54) is 14.2 Å². The smallest absolute Gasteiger partial charge is 0.337 e. The van der Waals surface area contributed by atoms with E-state index in [2.05, 4.69) is 6.07 Å². The highest BCUT2D eigenvalue weighted by Gasteiger charge is 2.11. The van der Waals surface area contributed by atoms with Gasteiger partial charge in [0.2, 0.25) is 0 Å². The third-order valence-corrected chi connectivity index (χ3v) is 3.19. The van der Waals surface area contributed by atoms with Crippen LogP contribution < -0.4 is 9.47 Å². The molecule has 2 rings (SSSR count). The van der Waals surface area contributed by atoms with Crippen LogP contribution in [-0.4, -0.2) is 26.8 Å². The predicted molar refractivity (Wildman–Crippen MR) is 90.4 cm³/mol. The summed E-state index contributed by atoms with van der Waals surface area (Å²) < 4.78 is 15.2. The molecule has 5 nitrogen and oxygen atoms in total. The largest absolute Gasteiger partial charge is 0.493 e. The average Bonchev–Trinajstić information content (AvgIpc) is 2.61. The lowest BCUT2D eigenvalue weighted by atomic mass is 10.0. The van der Waals surface area contributed by atoms with E-state index in [4.69, 9.17) is 14.2 Å². The normalized spacial score (nSPS) is 10.8. The van der Waals surface area contributed by atoms with Crippen LogP contribution in [0.4, 0.5) is 0 Å². The highest BCUT2D eigenvalue weighted by Crippen LogP contribution is 2.30. The molecule has 0 amide bonds. The van der Waals surface area contributed by atoms with Crippen molar-refractivity contribution in [2.75, 3.05) is 20.8 Å². The van der Waals surface area contributed by atoms with Gasteiger partial charge in [0.05, 0.1) is 18.8 Å². The van der Waals surface area contributed by atoms with Crippen LogP contribution in [0.3, 0.4) is 0 Å². The lowest BCUT2D eigenvalue weighted by Crippen LogP contribution is -2.14. The van der Waals surface area contributed by atoms with Crippen molar-refractivity contribution in [3.63, 3.8) is 0 Å². The number of nitriles is 1. The van der Waals surface area contributed by atoms with Gasteiger partial charge in [0, 0.05) is 7.11 Å². The van der Waals surface area contributed by atoms with Crippen LogP contribution in [0, 0.1) is 11.3 Å². The second-order valence-corrected chi connectivity index (χ2v) is 4.85. The summed E-state index contributed by atoms with van der Waals surface area (Å²) in [5, 5.41) is 9.37. The molecule has 0 unspecified atom stereocenters. The summed E-state index contributed by atoms with van der Waals surface area (Å²) in [4.78, 5) is 11.5. The van der Waals surface area contributed by atoms with Crippen molar-refractivity contribution in [1.82, 2.24) is 0 Å². The van der Waals surface area contributed by atoms with Crippen molar-refractivity contribution in [3.8, 4) is 17.6 Å². The number of hydrogen-bond acceptors (Lipinski definition) is 5. The Morgan fingerprint density at radius 1 is 1.12 bits per heavy atom. The van der Waals surface area contributed by atoms with E-state index >= 15 is 0 Å². The fourth-order valence-electron chi connectivity index (χ4n) is 2.09. The number of nitrogens with zero attached hydrogens (tertiary/aromatic N) is 1. The quantitative estimate of drug-likeness (QED) is 0.353. The molecule has 0 saturated carbocycles. The Bertz CT molecular complexity index is 776. The van der Waals surface area contributed by atoms with Gasteiger partial charge in [-0.1, -0.05) is 36.4 Å². The monoisotopic (exact) mass is 323 g/mol. The zero-order chi connectivity index (χ0) is 17.4. The minimum Gasteiger partial charge on any atom is -0.493 e. The van der Waals surface area contributed by atoms with Gasteiger partial charge in [0.25, 0.3) is 0 Å². The maximum Gasteiger partial charge on any atom is 0.337 e. The topological polar surface area (TPSA) is 68.5 Å². The first-order chi connectivity index (χ1) is 11.7. The van der Waals surface area contributed by atoms with Crippen LogP contribution in [0.5, 0.6) is 11.5 Å². The summed E-state index contributed by atoms with van der Waals surface area (Å²) in [6, 6.07) is 16.6. The average molecular weight is 323 g/mol. The summed E-state index contributed by atoms with van der Waals surface area (Å²) in [7, 11) is 2.90.